The SMILES string of the molecule is CCCCCCCC(CCC)CC(CCCC)CCCCCCC. The van der Waals surface area contributed by atoms with Crippen LogP contribution in [0, 0.1) is 11.8 Å². The van der Waals surface area contributed by atoms with Crippen LogP contribution in [0.5, 0.6) is 0 Å². The minimum Gasteiger partial charge on any atom is -0.0654 e. The molecule has 0 nitrogen and oxygen atoms in total. The van der Waals surface area contributed by atoms with Crippen LogP contribution in [0.4, 0.5) is 0 Å². The molecule has 0 rings (SSSR count). The van der Waals surface area contributed by atoms with Gasteiger partial charge in [-0.05, 0) is 18.3 Å². The Kier molecular flexibility index (Phi) is 19.3. The highest BCUT2D eigenvalue weighted by Gasteiger charge is 2.15. The van der Waals surface area contributed by atoms with E-state index in [-0.39, 0.29) is 0 Å². The molecule has 0 N–H and O–H groups in total. The zero-order valence-electron chi connectivity index (χ0n) is 17.9. The Hall–Kier alpha value is 0. The van der Waals surface area contributed by atoms with E-state index in [0.717, 1.165) is 11.8 Å². The van der Waals surface area contributed by atoms with Crippen LogP contribution < -0.4 is 0 Å². The third-order valence-electron chi connectivity index (χ3n) is 5.76. The minimum absolute atomic E-state index is 1.02. The molecule has 2 atom stereocenters. The van der Waals surface area contributed by atoms with Crippen LogP contribution >= 0.6 is 0 Å². The van der Waals surface area contributed by atoms with Crippen LogP contribution in [0.2, 0.25) is 0 Å². The fourth-order valence-corrected chi connectivity index (χ4v) is 4.21. The van der Waals surface area contributed by atoms with Gasteiger partial charge >= 0.3 is 0 Å². The van der Waals surface area contributed by atoms with E-state index in [2.05, 4.69) is 27.7 Å². The van der Waals surface area contributed by atoms with E-state index in [4.69, 9.17) is 0 Å². The molecule has 0 fully saturated rings. The lowest BCUT2D eigenvalue weighted by Crippen LogP contribution is -2.10. The summed E-state index contributed by atoms with van der Waals surface area (Å²) in [6, 6.07) is 0. The predicted molar refractivity (Wildman–Crippen MR) is 113 cm³/mol. The molecular formula is C24H50. The molecular weight excluding hydrogens is 288 g/mol. The first-order valence-corrected chi connectivity index (χ1v) is 11.8. The third kappa shape index (κ3) is 15.5. The van der Waals surface area contributed by atoms with Gasteiger partial charge in [-0.15, -0.1) is 0 Å². The largest absolute Gasteiger partial charge is 0.0654 e. The van der Waals surface area contributed by atoms with E-state index in [1.54, 1.807) is 0 Å². The van der Waals surface area contributed by atoms with Gasteiger partial charge in [-0.3, -0.25) is 0 Å². The molecule has 0 aliphatic rings. The van der Waals surface area contributed by atoms with Gasteiger partial charge in [-0.2, -0.15) is 0 Å². The molecule has 0 amide bonds. The van der Waals surface area contributed by atoms with Gasteiger partial charge < -0.3 is 0 Å². The Balaban J connectivity index is 4.12. The van der Waals surface area contributed by atoms with Gasteiger partial charge in [0.2, 0.25) is 0 Å². The first-order chi connectivity index (χ1) is 11.8. The molecule has 0 saturated carbocycles. The van der Waals surface area contributed by atoms with Crippen molar-refractivity contribution in [3.8, 4) is 0 Å². The Labute approximate surface area is 155 Å². The third-order valence-corrected chi connectivity index (χ3v) is 5.76. The molecule has 0 radical (unpaired) electrons. The first-order valence-electron chi connectivity index (χ1n) is 11.8. The monoisotopic (exact) mass is 338 g/mol. The summed E-state index contributed by atoms with van der Waals surface area (Å²) in [7, 11) is 0. The second kappa shape index (κ2) is 19.3. The van der Waals surface area contributed by atoms with Crippen molar-refractivity contribution >= 4 is 0 Å². The van der Waals surface area contributed by atoms with Crippen LogP contribution in [0.1, 0.15) is 143 Å². The van der Waals surface area contributed by atoms with E-state index in [0.29, 0.717) is 0 Å². The number of unbranched alkanes of at least 4 members (excludes halogenated alkanes) is 9. The Bertz CT molecular complexity index is 220. The summed E-state index contributed by atoms with van der Waals surface area (Å²) in [6.45, 7) is 9.38. The highest BCUT2D eigenvalue weighted by atomic mass is 14.2. The van der Waals surface area contributed by atoms with Gasteiger partial charge in [0.15, 0.2) is 0 Å². The molecule has 0 heteroatoms. The molecule has 0 aliphatic carbocycles. The van der Waals surface area contributed by atoms with Gasteiger partial charge in [0.25, 0.3) is 0 Å². The normalized spacial score (nSPS) is 14.0. The second-order valence-electron chi connectivity index (χ2n) is 8.30. The van der Waals surface area contributed by atoms with E-state index in [1.165, 1.54) is 116 Å². The quantitative estimate of drug-likeness (QED) is 0.206. The molecule has 0 aromatic carbocycles. The Morgan fingerprint density at radius 1 is 0.375 bits per heavy atom. The average molecular weight is 339 g/mol. The van der Waals surface area contributed by atoms with E-state index < -0.39 is 0 Å². The lowest BCUT2D eigenvalue weighted by Gasteiger charge is -2.24. The van der Waals surface area contributed by atoms with Crippen LogP contribution in [0.15, 0.2) is 0 Å². The Morgan fingerprint density at radius 3 is 1.25 bits per heavy atom. The number of hydrogen-bond acceptors (Lipinski definition) is 0. The topological polar surface area (TPSA) is 0 Å². The van der Waals surface area contributed by atoms with Crippen molar-refractivity contribution in [2.45, 2.75) is 143 Å². The summed E-state index contributed by atoms with van der Waals surface area (Å²) < 4.78 is 0. The first kappa shape index (κ1) is 24.0. The zero-order chi connectivity index (χ0) is 17.9. The molecule has 0 spiro atoms. The summed E-state index contributed by atoms with van der Waals surface area (Å²) in [5, 5.41) is 0. The fraction of sp³-hybridized carbons (Fsp3) is 1.00. The van der Waals surface area contributed by atoms with Crippen LogP contribution in [0.25, 0.3) is 0 Å². The molecule has 24 heavy (non-hydrogen) atoms. The van der Waals surface area contributed by atoms with Crippen LogP contribution in [-0.4, -0.2) is 0 Å². The molecule has 0 aromatic rings. The smallest absolute Gasteiger partial charge is 0.0412 e. The van der Waals surface area contributed by atoms with Crippen LogP contribution in [0.3, 0.4) is 0 Å². The lowest BCUT2D eigenvalue weighted by atomic mass is 9.82. The number of hydrogen-bond donors (Lipinski definition) is 0. The summed E-state index contributed by atoms with van der Waals surface area (Å²) >= 11 is 0. The van der Waals surface area contributed by atoms with Gasteiger partial charge in [-0.25, -0.2) is 0 Å². The standard InChI is InChI=1S/C24H50/c1-5-9-12-14-16-20-23(18-8-4)22-24(19-11-7-3)21-17-15-13-10-6-2/h23-24H,5-22H2,1-4H3. The fourth-order valence-electron chi connectivity index (χ4n) is 4.21. The maximum atomic E-state index is 2.38. The highest BCUT2D eigenvalue weighted by Crippen LogP contribution is 2.30. The minimum atomic E-state index is 1.02. The molecule has 0 bridgehead atoms. The van der Waals surface area contributed by atoms with Gasteiger partial charge in [0.1, 0.15) is 0 Å². The summed E-state index contributed by atoms with van der Waals surface area (Å²) in [4.78, 5) is 0. The van der Waals surface area contributed by atoms with Crippen molar-refractivity contribution < 1.29 is 0 Å². The van der Waals surface area contributed by atoms with E-state index >= 15 is 0 Å². The molecule has 0 heterocycles. The summed E-state index contributed by atoms with van der Waals surface area (Å²) in [5.41, 5.74) is 0. The average Bonchev–Trinajstić information content (AvgIpc) is 2.59. The van der Waals surface area contributed by atoms with E-state index in [9.17, 15) is 0 Å². The zero-order valence-corrected chi connectivity index (χ0v) is 17.9. The van der Waals surface area contributed by atoms with E-state index in [1.807, 2.05) is 0 Å². The maximum absolute atomic E-state index is 2.38. The van der Waals surface area contributed by atoms with Gasteiger partial charge in [0.05, 0.1) is 0 Å². The summed E-state index contributed by atoms with van der Waals surface area (Å²) in [6.07, 6.45) is 26.2. The molecule has 0 saturated heterocycles. The van der Waals surface area contributed by atoms with Crippen molar-refractivity contribution in [2.24, 2.45) is 11.8 Å². The van der Waals surface area contributed by atoms with Gasteiger partial charge in [0, 0.05) is 0 Å². The van der Waals surface area contributed by atoms with Crippen LogP contribution in [-0.2, 0) is 0 Å². The molecule has 2 unspecified atom stereocenters. The van der Waals surface area contributed by atoms with Crippen molar-refractivity contribution in [2.75, 3.05) is 0 Å². The molecule has 0 aromatic heterocycles. The van der Waals surface area contributed by atoms with Crippen molar-refractivity contribution in [3.05, 3.63) is 0 Å². The van der Waals surface area contributed by atoms with Crippen molar-refractivity contribution in [3.63, 3.8) is 0 Å². The second-order valence-corrected chi connectivity index (χ2v) is 8.30. The van der Waals surface area contributed by atoms with Crippen molar-refractivity contribution in [1.29, 1.82) is 0 Å². The van der Waals surface area contributed by atoms with Gasteiger partial charge in [-0.1, -0.05) is 137 Å². The summed E-state index contributed by atoms with van der Waals surface area (Å²) in [5.74, 6) is 2.05. The molecule has 146 valence electrons. The highest BCUT2D eigenvalue weighted by molar-refractivity contribution is 4.68. The van der Waals surface area contributed by atoms with Crippen molar-refractivity contribution in [1.82, 2.24) is 0 Å². The Morgan fingerprint density at radius 2 is 0.792 bits per heavy atom. The number of rotatable bonds is 19. The lowest BCUT2D eigenvalue weighted by molar-refractivity contribution is 0.288. The predicted octanol–water partition coefficient (Wildman–Crippen LogP) is 9.32. The molecule has 0 aliphatic heterocycles. The maximum Gasteiger partial charge on any atom is -0.0412 e.